The first-order chi connectivity index (χ1) is 9.32. The predicted molar refractivity (Wildman–Crippen MR) is 76.3 cm³/mol. The van der Waals surface area contributed by atoms with Gasteiger partial charge in [0, 0.05) is 6.54 Å². The summed E-state index contributed by atoms with van der Waals surface area (Å²) in [6.07, 6.45) is -0.827. The molecule has 0 aliphatic heterocycles. The summed E-state index contributed by atoms with van der Waals surface area (Å²) in [5.74, 6) is -1.14. The molecule has 1 unspecified atom stereocenters. The van der Waals surface area contributed by atoms with E-state index in [4.69, 9.17) is 21.4 Å². The number of carbonyl (C=O) groups excluding carboxylic acids is 1. The second kappa shape index (κ2) is 7.14. The van der Waals surface area contributed by atoms with Gasteiger partial charge in [0.2, 0.25) is 0 Å². The monoisotopic (exact) mass is 299 g/mol. The summed E-state index contributed by atoms with van der Waals surface area (Å²) >= 11 is 5.93. The second-order valence-corrected chi connectivity index (χ2v) is 5.23. The maximum absolute atomic E-state index is 11.8. The standard InChI is InChI=1S/C14H18ClNO4/c1-8(2)7-16-13(17)9(3)20-12-10(14(18)19)5-4-6-11(12)15/h4-6,8-9H,7H2,1-3H3,(H,16,17)(H,18,19). The van der Waals surface area contributed by atoms with E-state index in [9.17, 15) is 9.59 Å². The van der Waals surface area contributed by atoms with Crippen LogP contribution in [0, 0.1) is 5.92 Å². The van der Waals surface area contributed by atoms with Crippen molar-refractivity contribution in [2.75, 3.05) is 6.54 Å². The molecule has 1 atom stereocenters. The number of rotatable bonds is 6. The third-order valence-electron chi connectivity index (χ3n) is 2.55. The fourth-order valence-corrected chi connectivity index (χ4v) is 1.69. The lowest BCUT2D eigenvalue weighted by Gasteiger charge is -2.17. The molecule has 0 aromatic heterocycles. The average Bonchev–Trinajstić information content (AvgIpc) is 2.37. The molecule has 5 nitrogen and oxygen atoms in total. The third-order valence-corrected chi connectivity index (χ3v) is 2.84. The minimum atomic E-state index is -1.16. The van der Waals surface area contributed by atoms with Crippen LogP contribution in [0.4, 0.5) is 0 Å². The van der Waals surface area contributed by atoms with Crippen molar-refractivity contribution < 1.29 is 19.4 Å². The lowest BCUT2D eigenvalue weighted by molar-refractivity contribution is -0.127. The highest BCUT2D eigenvalue weighted by Crippen LogP contribution is 2.29. The highest BCUT2D eigenvalue weighted by atomic mass is 35.5. The molecule has 20 heavy (non-hydrogen) atoms. The molecule has 1 rings (SSSR count). The van der Waals surface area contributed by atoms with Crippen molar-refractivity contribution >= 4 is 23.5 Å². The lowest BCUT2D eigenvalue weighted by Crippen LogP contribution is -2.38. The van der Waals surface area contributed by atoms with Gasteiger partial charge in [-0.15, -0.1) is 0 Å². The first-order valence-corrected chi connectivity index (χ1v) is 6.67. The highest BCUT2D eigenvalue weighted by Gasteiger charge is 2.20. The van der Waals surface area contributed by atoms with Crippen LogP contribution in [0.5, 0.6) is 5.75 Å². The van der Waals surface area contributed by atoms with Crippen molar-refractivity contribution in [1.82, 2.24) is 5.32 Å². The SMILES string of the molecule is CC(C)CNC(=O)C(C)Oc1c(Cl)cccc1C(=O)O. The average molecular weight is 300 g/mol. The molecule has 0 fully saturated rings. The van der Waals surface area contributed by atoms with Crippen LogP contribution in [-0.4, -0.2) is 29.6 Å². The lowest BCUT2D eigenvalue weighted by atomic mass is 10.2. The van der Waals surface area contributed by atoms with E-state index < -0.39 is 12.1 Å². The van der Waals surface area contributed by atoms with E-state index in [1.54, 1.807) is 6.92 Å². The van der Waals surface area contributed by atoms with Crippen molar-refractivity contribution in [1.29, 1.82) is 0 Å². The number of hydrogen-bond acceptors (Lipinski definition) is 3. The smallest absolute Gasteiger partial charge is 0.339 e. The fraction of sp³-hybridized carbons (Fsp3) is 0.429. The molecule has 1 amide bonds. The number of amides is 1. The van der Waals surface area contributed by atoms with E-state index in [1.807, 2.05) is 13.8 Å². The Hall–Kier alpha value is -1.75. The Bertz CT molecular complexity index is 502. The maximum Gasteiger partial charge on any atom is 0.339 e. The van der Waals surface area contributed by atoms with Gasteiger partial charge in [0.15, 0.2) is 11.9 Å². The Labute approximate surface area is 122 Å². The zero-order chi connectivity index (χ0) is 15.3. The van der Waals surface area contributed by atoms with Gasteiger partial charge >= 0.3 is 5.97 Å². The molecule has 0 bridgehead atoms. The molecule has 0 aliphatic carbocycles. The van der Waals surface area contributed by atoms with Gasteiger partial charge in [0.25, 0.3) is 5.91 Å². The van der Waals surface area contributed by atoms with Gasteiger partial charge < -0.3 is 15.2 Å². The molecule has 1 aromatic carbocycles. The first kappa shape index (κ1) is 16.3. The van der Waals surface area contributed by atoms with E-state index in [-0.39, 0.29) is 22.2 Å². The largest absolute Gasteiger partial charge is 0.478 e. The van der Waals surface area contributed by atoms with Crippen molar-refractivity contribution in [2.45, 2.75) is 26.9 Å². The predicted octanol–water partition coefficient (Wildman–Crippen LogP) is 2.58. The van der Waals surface area contributed by atoms with Crippen LogP contribution in [0.1, 0.15) is 31.1 Å². The first-order valence-electron chi connectivity index (χ1n) is 6.29. The zero-order valence-corrected chi connectivity index (χ0v) is 12.4. The molecule has 110 valence electrons. The summed E-state index contributed by atoms with van der Waals surface area (Å²) in [7, 11) is 0. The van der Waals surface area contributed by atoms with Crippen LogP contribution in [-0.2, 0) is 4.79 Å². The molecule has 1 aromatic rings. The maximum atomic E-state index is 11.8. The Morgan fingerprint density at radius 3 is 2.55 bits per heavy atom. The van der Waals surface area contributed by atoms with Gasteiger partial charge in [-0.25, -0.2) is 4.79 Å². The summed E-state index contributed by atoms with van der Waals surface area (Å²) in [6.45, 7) is 6.02. The number of carboxylic acid groups (broad SMARTS) is 1. The van der Waals surface area contributed by atoms with Crippen molar-refractivity contribution in [3.63, 3.8) is 0 Å². The number of aromatic carboxylic acids is 1. The van der Waals surface area contributed by atoms with Gasteiger partial charge in [-0.2, -0.15) is 0 Å². The molecule has 6 heteroatoms. The summed E-state index contributed by atoms with van der Waals surface area (Å²) in [6, 6.07) is 4.41. The molecule has 0 radical (unpaired) electrons. The van der Waals surface area contributed by atoms with Crippen LogP contribution in [0.25, 0.3) is 0 Å². The van der Waals surface area contributed by atoms with E-state index >= 15 is 0 Å². The number of carbonyl (C=O) groups is 2. The van der Waals surface area contributed by atoms with Gasteiger partial charge in [-0.1, -0.05) is 31.5 Å². The molecular formula is C14H18ClNO4. The molecule has 0 saturated carbocycles. The molecule has 0 saturated heterocycles. The summed E-state index contributed by atoms with van der Waals surface area (Å²) in [5.41, 5.74) is -0.0685. The van der Waals surface area contributed by atoms with E-state index in [0.29, 0.717) is 12.5 Å². The van der Waals surface area contributed by atoms with Crippen molar-refractivity contribution in [2.24, 2.45) is 5.92 Å². The Balaban J connectivity index is 2.82. The van der Waals surface area contributed by atoms with Crippen molar-refractivity contribution in [3.8, 4) is 5.75 Å². The summed E-state index contributed by atoms with van der Waals surface area (Å²) in [4.78, 5) is 22.9. The normalized spacial score (nSPS) is 12.1. The van der Waals surface area contributed by atoms with Crippen LogP contribution in [0.15, 0.2) is 18.2 Å². The summed E-state index contributed by atoms with van der Waals surface area (Å²) in [5, 5.41) is 12.0. The molecule has 0 aliphatic rings. The molecule has 0 spiro atoms. The van der Waals surface area contributed by atoms with Crippen LogP contribution in [0.2, 0.25) is 5.02 Å². The van der Waals surface area contributed by atoms with Gasteiger partial charge in [0.05, 0.1) is 5.02 Å². The van der Waals surface area contributed by atoms with Gasteiger partial charge in [-0.05, 0) is 25.0 Å². The minimum Gasteiger partial charge on any atom is -0.478 e. The van der Waals surface area contributed by atoms with Crippen LogP contribution >= 0.6 is 11.6 Å². The van der Waals surface area contributed by atoms with E-state index in [1.165, 1.54) is 18.2 Å². The quantitative estimate of drug-likeness (QED) is 0.846. The number of benzene rings is 1. The number of hydrogen-bond donors (Lipinski definition) is 2. The molecular weight excluding hydrogens is 282 g/mol. The number of para-hydroxylation sites is 1. The number of halogens is 1. The number of ether oxygens (including phenoxy) is 1. The molecule has 2 N–H and O–H groups in total. The number of nitrogens with one attached hydrogen (secondary N) is 1. The van der Waals surface area contributed by atoms with Gasteiger partial charge in [-0.3, -0.25) is 4.79 Å². The fourth-order valence-electron chi connectivity index (χ4n) is 1.48. The van der Waals surface area contributed by atoms with Crippen LogP contribution < -0.4 is 10.1 Å². The van der Waals surface area contributed by atoms with Crippen LogP contribution in [0.3, 0.4) is 0 Å². The molecule has 0 heterocycles. The Morgan fingerprint density at radius 1 is 1.35 bits per heavy atom. The Morgan fingerprint density at radius 2 is 2.00 bits per heavy atom. The van der Waals surface area contributed by atoms with E-state index in [2.05, 4.69) is 5.32 Å². The van der Waals surface area contributed by atoms with E-state index in [0.717, 1.165) is 0 Å². The Kier molecular flexibility index (Phi) is 5.82. The topological polar surface area (TPSA) is 75.6 Å². The third kappa shape index (κ3) is 4.42. The highest BCUT2D eigenvalue weighted by molar-refractivity contribution is 6.32. The van der Waals surface area contributed by atoms with Gasteiger partial charge in [0.1, 0.15) is 5.56 Å². The second-order valence-electron chi connectivity index (χ2n) is 4.82. The zero-order valence-electron chi connectivity index (χ0n) is 11.6. The van der Waals surface area contributed by atoms with Crippen molar-refractivity contribution in [3.05, 3.63) is 28.8 Å². The summed E-state index contributed by atoms with van der Waals surface area (Å²) < 4.78 is 5.41. The number of carboxylic acids is 1. The minimum absolute atomic E-state index is 0.00821.